The van der Waals surface area contributed by atoms with Gasteiger partial charge >= 0.3 is 0 Å². The van der Waals surface area contributed by atoms with E-state index < -0.39 is 0 Å². The Morgan fingerprint density at radius 3 is 0.844 bits per heavy atom. The molecule has 6 amide bonds. The van der Waals surface area contributed by atoms with Crippen LogP contribution in [0.4, 0.5) is 17.1 Å². The number of carbonyl (C=O) groups excluding carboxylic acids is 6. The molecule has 0 bridgehead atoms. The molecule has 3 saturated heterocycles. The molecule has 0 N–H and O–H groups in total. The maximum atomic E-state index is 14.3. The van der Waals surface area contributed by atoms with Gasteiger partial charge in [0.15, 0.2) is 0 Å². The van der Waals surface area contributed by atoms with Gasteiger partial charge in [-0.3, -0.25) is 43.5 Å². The van der Waals surface area contributed by atoms with Gasteiger partial charge in [0.2, 0.25) is 19.0 Å². The minimum Gasteiger partial charge on any atom is -0.371 e. The first-order valence-corrected chi connectivity index (χ1v) is 34.6. The van der Waals surface area contributed by atoms with Gasteiger partial charge in [-0.05, 0) is 150 Å². The predicted octanol–water partition coefficient (Wildman–Crippen LogP) is 10.3. The van der Waals surface area contributed by atoms with Crippen molar-refractivity contribution in [2.45, 2.75) is 118 Å². The molecule has 0 radical (unpaired) electrons. The first kappa shape index (κ1) is 60.7. The second-order valence-corrected chi connectivity index (χ2v) is 27.3. The minimum absolute atomic E-state index is 0.213. The zero-order chi connectivity index (χ0) is 65.5. The molecule has 18 heteroatoms. The number of benzene rings is 7. The van der Waals surface area contributed by atoms with Crippen LogP contribution in [0.25, 0.3) is 32.3 Å². The number of amides is 6. The standard InChI is InChI=1S/C78H81N12O6/c1-52-64(46-82-37-34-79(49-82)40-43-88-73(91)58-19-13-16-55-67(85-28-7-4-8-29-85)25-22-61(70(55)58)76(88)94)53(2)66(48-84-39-36-81(51-84)42-45-90-75(93)60-21-15-18-57-69(87-32-11-6-12-33-87)27-24-63(72(57)60)78(90)96)54(3)65(52)47-83-38-35-80(50-83)41-44-89-74(92)59-20-14-17-56-68(86-30-9-5-10-31-86)26-23-62(71(56)59)77(89)95/h13-27,34-39,49-51H,4-12,28-33,40-48H2,1-3H3/q+3. The summed E-state index contributed by atoms with van der Waals surface area (Å²) in [6.07, 6.45) is 28.7. The van der Waals surface area contributed by atoms with E-state index in [2.05, 4.69) is 67.4 Å². The lowest BCUT2D eigenvalue weighted by molar-refractivity contribution is -0.690. The summed E-state index contributed by atoms with van der Waals surface area (Å²) < 4.78 is 12.6. The van der Waals surface area contributed by atoms with Crippen LogP contribution in [0.5, 0.6) is 0 Å². The molecular formula is C78H81N12O6+3. The number of hydrogen-bond acceptors (Lipinski definition) is 9. The summed E-state index contributed by atoms with van der Waals surface area (Å²) in [5.74, 6) is -1.60. The van der Waals surface area contributed by atoms with Crippen molar-refractivity contribution < 1.29 is 42.5 Å². The quantitative estimate of drug-likeness (QED) is 0.0605. The maximum absolute atomic E-state index is 14.3. The van der Waals surface area contributed by atoms with Gasteiger partial charge in [0, 0.05) is 139 Å². The largest absolute Gasteiger partial charge is 0.371 e. The van der Waals surface area contributed by atoms with Crippen molar-refractivity contribution >= 4 is 84.8 Å². The fraction of sp³-hybridized carbons (Fsp3) is 0.346. The lowest BCUT2D eigenvalue weighted by Gasteiger charge is -2.32. The van der Waals surface area contributed by atoms with Crippen LogP contribution in [0.15, 0.2) is 147 Å². The van der Waals surface area contributed by atoms with E-state index in [0.29, 0.717) is 72.6 Å². The Balaban J connectivity index is 0.647. The fourth-order valence-corrected chi connectivity index (χ4v) is 16.5. The average Bonchev–Trinajstić information content (AvgIpc) is 0.810. The first-order valence-electron chi connectivity index (χ1n) is 34.6. The van der Waals surface area contributed by atoms with Crippen molar-refractivity contribution in [3.63, 3.8) is 0 Å². The number of aromatic nitrogens is 6. The summed E-state index contributed by atoms with van der Waals surface area (Å²) >= 11 is 0. The molecule has 0 atom stereocenters. The number of imide groups is 3. The summed E-state index contributed by atoms with van der Waals surface area (Å²) in [6, 6.07) is 29.4. The Bertz CT molecular complexity index is 4300. The molecule has 10 aromatic rings. The Labute approximate surface area is 558 Å². The molecule has 6 aliphatic rings. The Morgan fingerprint density at radius 2 is 0.573 bits per heavy atom. The zero-order valence-electron chi connectivity index (χ0n) is 55.1. The van der Waals surface area contributed by atoms with E-state index in [0.717, 1.165) is 144 Å². The van der Waals surface area contributed by atoms with Crippen molar-refractivity contribution in [2.75, 3.05) is 73.6 Å². The monoisotopic (exact) mass is 1280 g/mol. The molecule has 9 heterocycles. The number of rotatable bonds is 18. The summed E-state index contributed by atoms with van der Waals surface area (Å²) in [7, 11) is 0. The first-order chi connectivity index (χ1) is 46.8. The predicted molar refractivity (Wildman–Crippen MR) is 368 cm³/mol. The van der Waals surface area contributed by atoms with E-state index in [9.17, 15) is 28.8 Å². The van der Waals surface area contributed by atoms with E-state index >= 15 is 0 Å². The molecule has 0 unspecified atom stereocenters. The maximum Gasteiger partial charge on any atom is 0.261 e. The highest BCUT2D eigenvalue weighted by Gasteiger charge is 2.38. The van der Waals surface area contributed by atoms with Crippen LogP contribution in [-0.2, 0) is 39.3 Å². The summed E-state index contributed by atoms with van der Waals surface area (Å²) in [6.45, 7) is 15.9. The van der Waals surface area contributed by atoms with Crippen molar-refractivity contribution in [2.24, 2.45) is 0 Å². The van der Waals surface area contributed by atoms with E-state index in [-0.39, 0.29) is 55.1 Å². The number of imidazole rings is 3. The molecule has 16 rings (SSSR count). The number of anilines is 3. The second kappa shape index (κ2) is 24.8. The molecule has 3 aromatic heterocycles. The molecule has 0 aliphatic carbocycles. The average molecular weight is 1280 g/mol. The Kier molecular flexibility index (Phi) is 15.7. The number of hydrogen-bond donors (Lipinski definition) is 0. The smallest absolute Gasteiger partial charge is 0.261 e. The molecule has 7 aromatic carbocycles. The van der Waals surface area contributed by atoms with Crippen LogP contribution in [0, 0.1) is 20.8 Å². The third-order valence-corrected chi connectivity index (χ3v) is 21.7. The zero-order valence-corrected chi connectivity index (χ0v) is 55.1. The van der Waals surface area contributed by atoms with Crippen LogP contribution in [0.3, 0.4) is 0 Å². The lowest BCUT2D eigenvalue weighted by Crippen LogP contribution is -2.42. The van der Waals surface area contributed by atoms with Gasteiger partial charge in [-0.25, -0.2) is 27.4 Å². The lowest BCUT2D eigenvalue weighted by atomic mass is 9.87. The molecule has 486 valence electrons. The van der Waals surface area contributed by atoms with Crippen LogP contribution in [0.2, 0.25) is 0 Å². The Hall–Kier alpha value is -10.2. The van der Waals surface area contributed by atoms with Crippen LogP contribution in [-0.4, -0.2) is 123 Å². The Morgan fingerprint density at radius 1 is 0.312 bits per heavy atom. The van der Waals surface area contributed by atoms with Crippen molar-refractivity contribution in [3.8, 4) is 0 Å². The fourth-order valence-electron chi connectivity index (χ4n) is 16.5. The van der Waals surface area contributed by atoms with E-state index in [4.69, 9.17) is 0 Å². The van der Waals surface area contributed by atoms with Crippen molar-refractivity contribution in [1.29, 1.82) is 0 Å². The van der Waals surface area contributed by atoms with E-state index in [1.807, 2.05) is 143 Å². The number of nitrogens with zero attached hydrogens (tertiary/aromatic N) is 12. The van der Waals surface area contributed by atoms with Gasteiger partial charge in [-0.1, -0.05) is 36.4 Å². The third-order valence-electron chi connectivity index (χ3n) is 21.7. The highest BCUT2D eigenvalue weighted by atomic mass is 16.2. The summed E-state index contributed by atoms with van der Waals surface area (Å²) in [5.41, 5.74) is 13.7. The van der Waals surface area contributed by atoms with Gasteiger partial charge in [0.1, 0.15) is 76.4 Å². The number of piperidine rings is 3. The van der Waals surface area contributed by atoms with Gasteiger partial charge in [0.25, 0.3) is 35.4 Å². The molecule has 3 fully saturated rings. The summed E-state index contributed by atoms with van der Waals surface area (Å²) in [5, 5.41) is 5.14. The molecule has 6 aliphatic heterocycles. The highest BCUT2D eigenvalue weighted by molar-refractivity contribution is 6.29. The molecule has 96 heavy (non-hydrogen) atoms. The van der Waals surface area contributed by atoms with E-state index in [1.54, 1.807) is 0 Å². The highest BCUT2D eigenvalue weighted by Crippen LogP contribution is 2.41. The SMILES string of the molecule is Cc1c(C[n+]2ccn(CCN3C(=O)c4cccc5c(N6CCCCC6)ccc(c45)C3=O)c2)c(C)c(C[n+]2ccn(CCN3C(=O)c4cccc5c(N6CCCCC6)ccc(c45)C3=O)c2)c(C)c1C[n+]1ccn(CCN2C(=O)c3cccc4c(N5CCCCC5)ccc(c34)C2=O)c1. The van der Waals surface area contributed by atoms with Gasteiger partial charge in [-0.2, -0.15) is 0 Å². The van der Waals surface area contributed by atoms with Crippen molar-refractivity contribution in [3.05, 3.63) is 214 Å². The van der Waals surface area contributed by atoms with Gasteiger partial charge < -0.3 is 14.7 Å². The van der Waals surface area contributed by atoms with Gasteiger partial charge in [0.05, 0.1) is 19.6 Å². The van der Waals surface area contributed by atoms with Crippen molar-refractivity contribution in [1.82, 2.24) is 28.4 Å². The van der Waals surface area contributed by atoms with Gasteiger partial charge in [-0.15, -0.1) is 0 Å². The summed E-state index contributed by atoms with van der Waals surface area (Å²) in [4.78, 5) is 97.1. The normalized spacial score (nSPS) is 16.7. The van der Waals surface area contributed by atoms with Crippen LogP contribution < -0.4 is 28.4 Å². The molecule has 0 saturated carbocycles. The molecule has 18 nitrogen and oxygen atoms in total. The molecule has 0 spiro atoms. The topological polar surface area (TPSA) is 148 Å². The molecular weight excluding hydrogens is 1200 g/mol. The van der Waals surface area contributed by atoms with E-state index in [1.165, 1.54) is 50.7 Å². The second-order valence-electron chi connectivity index (χ2n) is 27.3. The number of carbonyl (C=O) groups is 6. The van der Waals surface area contributed by atoms with Crippen LogP contribution >= 0.6 is 0 Å². The van der Waals surface area contributed by atoms with Crippen LogP contribution in [0.1, 0.15) is 153 Å². The third kappa shape index (κ3) is 10.6. The minimum atomic E-state index is -0.267.